The highest BCUT2D eigenvalue weighted by molar-refractivity contribution is 4.83. The molecule has 0 aromatic heterocycles. The van der Waals surface area contributed by atoms with Crippen molar-refractivity contribution in [2.45, 2.75) is 104 Å². The Labute approximate surface area is 116 Å². The van der Waals surface area contributed by atoms with E-state index in [0.29, 0.717) is 5.41 Å². The second-order valence-corrected chi connectivity index (χ2v) is 7.03. The van der Waals surface area contributed by atoms with E-state index in [9.17, 15) is 0 Å². The molecular weight excluding hydrogens is 216 g/mol. The van der Waals surface area contributed by atoms with Crippen molar-refractivity contribution in [2.24, 2.45) is 11.3 Å². The Morgan fingerprint density at radius 1 is 0.833 bits per heavy atom. The molecule has 1 unspecified atom stereocenters. The fourth-order valence-corrected chi connectivity index (χ4v) is 3.61. The van der Waals surface area contributed by atoms with E-state index in [1.807, 2.05) is 0 Å². The molecule has 0 N–H and O–H groups in total. The van der Waals surface area contributed by atoms with Crippen molar-refractivity contribution in [2.75, 3.05) is 0 Å². The summed E-state index contributed by atoms with van der Waals surface area (Å²) in [6, 6.07) is 0. The SMILES string of the molecule is CCCCCCCCCC(C)C1(C)CCCCC1. The topological polar surface area (TPSA) is 0 Å². The summed E-state index contributed by atoms with van der Waals surface area (Å²) in [4.78, 5) is 0. The maximum Gasteiger partial charge on any atom is -0.0300 e. The zero-order chi connectivity index (χ0) is 13.3. The van der Waals surface area contributed by atoms with Crippen LogP contribution < -0.4 is 0 Å². The largest absolute Gasteiger partial charge is 0.0654 e. The molecule has 0 heterocycles. The van der Waals surface area contributed by atoms with Crippen LogP contribution in [0.5, 0.6) is 0 Å². The van der Waals surface area contributed by atoms with Crippen LogP contribution in [0.15, 0.2) is 0 Å². The lowest BCUT2D eigenvalue weighted by Gasteiger charge is -2.39. The van der Waals surface area contributed by atoms with E-state index in [4.69, 9.17) is 0 Å². The van der Waals surface area contributed by atoms with Crippen LogP contribution in [0.25, 0.3) is 0 Å². The monoisotopic (exact) mass is 252 g/mol. The van der Waals surface area contributed by atoms with Gasteiger partial charge in [-0.2, -0.15) is 0 Å². The fourth-order valence-electron chi connectivity index (χ4n) is 3.61. The van der Waals surface area contributed by atoms with E-state index in [1.165, 1.54) is 83.5 Å². The van der Waals surface area contributed by atoms with E-state index in [1.54, 1.807) is 0 Å². The van der Waals surface area contributed by atoms with Gasteiger partial charge < -0.3 is 0 Å². The minimum atomic E-state index is 0.681. The van der Waals surface area contributed by atoms with Gasteiger partial charge in [0.2, 0.25) is 0 Å². The lowest BCUT2D eigenvalue weighted by molar-refractivity contribution is 0.121. The van der Waals surface area contributed by atoms with Crippen molar-refractivity contribution in [3.8, 4) is 0 Å². The Morgan fingerprint density at radius 2 is 1.39 bits per heavy atom. The highest BCUT2D eigenvalue weighted by Gasteiger charge is 2.31. The number of rotatable bonds is 9. The second kappa shape index (κ2) is 8.99. The zero-order valence-electron chi connectivity index (χ0n) is 13.3. The van der Waals surface area contributed by atoms with Crippen LogP contribution in [0.4, 0.5) is 0 Å². The molecule has 0 aromatic carbocycles. The molecule has 0 aromatic rings. The highest BCUT2D eigenvalue weighted by Crippen LogP contribution is 2.43. The normalized spacial score (nSPS) is 20.8. The van der Waals surface area contributed by atoms with Gasteiger partial charge in [-0.05, 0) is 24.2 Å². The molecule has 0 radical (unpaired) electrons. The maximum atomic E-state index is 2.55. The van der Waals surface area contributed by atoms with Crippen LogP contribution >= 0.6 is 0 Å². The number of unbranched alkanes of at least 4 members (excludes halogenated alkanes) is 6. The molecular formula is C18H36. The molecule has 0 saturated heterocycles. The van der Waals surface area contributed by atoms with E-state index < -0.39 is 0 Å². The summed E-state index contributed by atoms with van der Waals surface area (Å²) in [7, 11) is 0. The number of hydrogen-bond acceptors (Lipinski definition) is 0. The molecule has 1 aliphatic rings. The van der Waals surface area contributed by atoms with Crippen molar-refractivity contribution in [3.05, 3.63) is 0 Å². The van der Waals surface area contributed by atoms with Gasteiger partial charge >= 0.3 is 0 Å². The molecule has 1 atom stereocenters. The molecule has 0 heteroatoms. The highest BCUT2D eigenvalue weighted by atomic mass is 14.4. The van der Waals surface area contributed by atoms with E-state index in [0.717, 1.165) is 5.92 Å². The van der Waals surface area contributed by atoms with Crippen LogP contribution in [-0.2, 0) is 0 Å². The molecule has 1 aliphatic carbocycles. The van der Waals surface area contributed by atoms with Crippen molar-refractivity contribution in [1.29, 1.82) is 0 Å². The maximum absolute atomic E-state index is 2.55. The standard InChI is InChI=1S/C18H36/c1-4-5-6-7-8-9-11-14-17(2)18(3)15-12-10-13-16-18/h17H,4-16H2,1-3H3. The molecule has 0 amide bonds. The van der Waals surface area contributed by atoms with Crippen LogP contribution in [0, 0.1) is 11.3 Å². The summed E-state index contributed by atoms with van der Waals surface area (Å²) < 4.78 is 0. The van der Waals surface area contributed by atoms with Gasteiger partial charge in [0.05, 0.1) is 0 Å². The first kappa shape index (κ1) is 16.1. The van der Waals surface area contributed by atoms with Gasteiger partial charge in [-0.15, -0.1) is 0 Å². The Bertz CT molecular complexity index is 188. The summed E-state index contributed by atoms with van der Waals surface area (Å²) in [6.07, 6.45) is 19.1. The van der Waals surface area contributed by atoms with Crippen molar-refractivity contribution in [1.82, 2.24) is 0 Å². The first-order chi connectivity index (χ1) is 8.69. The Kier molecular flexibility index (Phi) is 8.02. The molecule has 108 valence electrons. The smallest absolute Gasteiger partial charge is 0.0300 e. The third-order valence-electron chi connectivity index (χ3n) is 5.43. The van der Waals surface area contributed by atoms with Gasteiger partial charge in [-0.3, -0.25) is 0 Å². The fraction of sp³-hybridized carbons (Fsp3) is 1.00. The quantitative estimate of drug-likeness (QED) is 0.399. The summed E-state index contributed by atoms with van der Waals surface area (Å²) >= 11 is 0. The van der Waals surface area contributed by atoms with Crippen LogP contribution in [-0.4, -0.2) is 0 Å². The van der Waals surface area contributed by atoms with Crippen molar-refractivity contribution in [3.63, 3.8) is 0 Å². The predicted octanol–water partition coefficient (Wildman–Crippen LogP) is 6.73. The molecule has 0 aliphatic heterocycles. The van der Waals surface area contributed by atoms with E-state index in [2.05, 4.69) is 20.8 Å². The Balaban J connectivity index is 2.03. The van der Waals surface area contributed by atoms with Crippen LogP contribution in [0.1, 0.15) is 104 Å². The molecule has 1 fully saturated rings. The van der Waals surface area contributed by atoms with Gasteiger partial charge in [-0.1, -0.05) is 91.4 Å². The lowest BCUT2D eigenvalue weighted by Crippen LogP contribution is -2.28. The number of hydrogen-bond donors (Lipinski definition) is 0. The minimum absolute atomic E-state index is 0.681. The molecule has 1 rings (SSSR count). The third kappa shape index (κ3) is 5.76. The summed E-state index contributed by atoms with van der Waals surface area (Å²) in [5.41, 5.74) is 0.681. The third-order valence-corrected chi connectivity index (χ3v) is 5.43. The Morgan fingerprint density at radius 3 is 2.00 bits per heavy atom. The minimum Gasteiger partial charge on any atom is -0.0654 e. The summed E-state index contributed by atoms with van der Waals surface area (Å²) in [5.74, 6) is 0.952. The van der Waals surface area contributed by atoms with Gasteiger partial charge in [0.15, 0.2) is 0 Å². The lowest BCUT2D eigenvalue weighted by atomic mass is 9.66. The predicted molar refractivity (Wildman–Crippen MR) is 83.0 cm³/mol. The molecule has 0 bridgehead atoms. The first-order valence-electron chi connectivity index (χ1n) is 8.69. The van der Waals surface area contributed by atoms with Gasteiger partial charge in [0.1, 0.15) is 0 Å². The van der Waals surface area contributed by atoms with Crippen LogP contribution in [0.3, 0.4) is 0 Å². The summed E-state index contributed by atoms with van der Waals surface area (Å²) in [6.45, 7) is 7.37. The van der Waals surface area contributed by atoms with Gasteiger partial charge in [0.25, 0.3) is 0 Å². The van der Waals surface area contributed by atoms with Crippen LogP contribution in [0.2, 0.25) is 0 Å². The van der Waals surface area contributed by atoms with E-state index in [-0.39, 0.29) is 0 Å². The second-order valence-electron chi connectivity index (χ2n) is 7.03. The molecule has 0 spiro atoms. The first-order valence-corrected chi connectivity index (χ1v) is 8.69. The molecule has 1 saturated carbocycles. The van der Waals surface area contributed by atoms with Crippen molar-refractivity contribution >= 4 is 0 Å². The Hall–Kier alpha value is 0. The average Bonchev–Trinajstić information content (AvgIpc) is 2.38. The molecule has 0 nitrogen and oxygen atoms in total. The van der Waals surface area contributed by atoms with Gasteiger partial charge in [-0.25, -0.2) is 0 Å². The van der Waals surface area contributed by atoms with E-state index >= 15 is 0 Å². The average molecular weight is 252 g/mol. The zero-order valence-corrected chi connectivity index (χ0v) is 13.3. The van der Waals surface area contributed by atoms with Gasteiger partial charge in [0, 0.05) is 0 Å². The molecule has 18 heavy (non-hydrogen) atoms. The van der Waals surface area contributed by atoms with Crippen molar-refractivity contribution < 1.29 is 0 Å². The summed E-state index contributed by atoms with van der Waals surface area (Å²) in [5, 5.41) is 0.